The molecule has 120 valence electrons. The lowest BCUT2D eigenvalue weighted by atomic mass is 9.99. The van der Waals surface area contributed by atoms with Crippen molar-refractivity contribution in [3.63, 3.8) is 0 Å². The highest BCUT2D eigenvalue weighted by molar-refractivity contribution is 7.89. The van der Waals surface area contributed by atoms with Gasteiger partial charge in [-0.15, -0.1) is 0 Å². The second-order valence-corrected chi connectivity index (χ2v) is 7.76. The molecule has 0 aliphatic carbocycles. The van der Waals surface area contributed by atoms with Gasteiger partial charge >= 0.3 is 0 Å². The predicted octanol–water partition coefficient (Wildman–Crippen LogP) is 0.795. The average molecular weight is 323 g/mol. The van der Waals surface area contributed by atoms with Crippen LogP contribution in [0.3, 0.4) is 0 Å². The van der Waals surface area contributed by atoms with Gasteiger partial charge in [-0.3, -0.25) is 4.79 Å². The molecule has 2 aliphatic heterocycles. The number of nitrogens with zero attached hydrogens (tertiary/aromatic N) is 1. The Bertz CT molecular complexity index is 687. The quantitative estimate of drug-likeness (QED) is 0.860. The van der Waals surface area contributed by atoms with Crippen LogP contribution in [0.5, 0.6) is 0 Å². The molecule has 2 heterocycles. The maximum absolute atomic E-state index is 12.7. The zero-order chi connectivity index (χ0) is 15.7. The smallest absolute Gasteiger partial charge is 0.255 e. The minimum atomic E-state index is -3.49. The van der Waals surface area contributed by atoms with Crippen molar-refractivity contribution in [3.8, 4) is 0 Å². The number of nitrogens with one attached hydrogen (secondary N) is 1. The number of carbonyl (C=O) groups is 1. The maximum Gasteiger partial charge on any atom is 0.255 e. The molecule has 0 spiro atoms. The molecule has 0 radical (unpaired) electrons. The lowest BCUT2D eigenvalue weighted by molar-refractivity contribution is 0.0789. The van der Waals surface area contributed by atoms with Crippen LogP contribution in [-0.4, -0.2) is 44.6 Å². The number of fused-ring (bicyclic) bond motifs is 1. The van der Waals surface area contributed by atoms with E-state index in [1.165, 1.54) is 5.56 Å². The van der Waals surface area contributed by atoms with Crippen LogP contribution in [0.15, 0.2) is 18.2 Å². The van der Waals surface area contributed by atoms with Crippen LogP contribution in [0.2, 0.25) is 0 Å². The van der Waals surface area contributed by atoms with Crippen molar-refractivity contribution in [3.05, 3.63) is 29.3 Å². The molecule has 1 fully saturated rings. The van der Waals surface area contributed by atoms with Crippen molar-refractivity contribution in [1.82, 2.24) is 4.90 Å². The van der Waals surface area contributed by atoms with Crippen LogP contribution in [0.25, 0.3) is 0 Å². The highest BCUT2D eigenvalue weighted by atomic mass is 32.2. The van der Waals surface area contributed by atoms with E-state index in [-0.39, 0.29) is 17.6 Å². The monoisotopic (exact) mass is 323 g/mol. The molecule has 0 aromatic heterocycles. The lowest BCUT2D eigenvalue weighted by Crippen LogP contribution is -2.31. The Labute approximate surface area is 130 Å². The van der Waals surface area contributed by atoms with Crippen LogP contribution in [0.4, 0.5) is 5.69 Å². The number of carbonyl (C=O) groups excluding carboxylic acids is 1. The zero-order valence-corrected chi connectivity index (χ0v) is 13.2. The summed E-state index contributed by atoms with van der Waals surface area (Å²) in [6, 6.07) is 5.80. The molecule has 1 amide bonds. The average Bonchev–Trinajstić information content (AvgIpc) is 2.92. The summed E-state index contributed by atoms with van der Waals surface area (Å²) in [5.74, 6) is -0.142. The SMILES string of the molecule is NS(=O)(=O)C[C@H]1CCN(C(=O)c2cccc3c2NCCC3)C1. The van der Waals surface area contributed by atoms with Crippen LogP contribution >= 0.6 is 0 Å². The van der Waals surface area contributed by atoms with Gasteiger partial charge in [0.05, 0.1) is 17.0 Å². The zero-order valence-electron chi connectivity index (χ0n) is 12.4. The van der Waals surface area contributed by atoms with Crippen LogP contribution < -0.4 is 10.5 Å². The second-order valence-electron chi connectivity index (χ2n) is 6.11. The summed E-state index contributed by atoms with van der Waals surface area (Å²) in [4.78, 5) is 14.5. The van der Waals surface area contributed by atoms with E-state index in [9.17, 15) is 13.2 Å². The second kappa shape index (κ2) is 5.89. The van der Waals surface area contributed by atoms with Crippen molar-refractivity contribution in [2.75, 3.05) is 30.7 Å². The summed E-state index contributed by atoms with van der Waals surface area (Å²) in [6.07, 6.45) is 2.74. The van der Waals surface area contributed by atoms with Crippen LogP contribution in [-0.2, 0) is 16.4 Å². The molecule has 7 heteroatoms. The van der Waals surface area contributed by atoms with E-state index < -0.39 is 10.0 Å². The van der Waals surface area contributed by atoms with E-state index in [0.717, 1.165) is 25.1 Å². The first-order chi connectivity index (χ1) is 10.4. The first-order valence-electron chi connectivity index (χ1n) is 7.59. The topological polar surface area (TPSA) is 92.5 Å². The molecule has 6 nitrogen and oxygen atoms in total. The Balaban J connectivity index is 1.76. The minimum Gasteiger partial charge on any atom is -0.384 e. The Morgan fingerprint density at radius 2 is 2.23 bits per heavy atom. The van der Waals surface area contributed by atoms with Gasteiger partial charge in [-0.05, 0) is 36.8 Å². The third kappa shape index (κ3) is 3.25. The number of amides is 1. The standard InChI is InChI=1S/C15H21N3O3S/c16-22(20,21)10-11-6-8-18(9-11)15(19)13-5-1-3-12-4-2-7-17-14(12)13/h1,3,5,11,17H,2,4,6-10H2,(H2,16,20,21)/t11-/m0/s1. The number of hydrogen-bond donors (Lipinski definition) is 2. The number of nitrogens with two attached hydrogens (primary N) is 1. The molecular formula is C15H21N3O3S. The molecular weight excluding hydrogens is 302 g/mol. The Kier molecular flexibility index (Phi) is 4.10. The normalized spacial score (nSPS) is 21.3. The van der Waals surface area contributed by atoms with Gasteiger partial charge in [0.15, 0.2) is 0 Å². The molecule has 0 unspecified atom stereocenters. The summed E-state index contributed by atoms with van der Waals surface area (Å²) >= 11 is 0. The summed E-state index contributed by atoms with van der Waals surface area (Å²) in [7, 11) is -3.49. The summed E-state index contributed by atoms with van der Waals surface area (Å²) in [5.41, 5.74) is 2.81. The largest absolute Gasteiger partial charge is 0.384 e. The van der Waals surface area contributed by atoms with Gasteiger partial charge in [0.2, 0.25) is 10.0 Å². The summed E-state index contributed by atoms with van der Waals surface area (Å²) < 4.78 is 22.4. The van der Waals surface area contributed by atoms with E-state index >= 15 is 0 Å². The molecule has 0 bridgehead atoms. The number of likely N-dealkylation sites (tertiary alicyclic amines) is 1. The van der Waals surface area contributed by atoms with E-state index in [4.69, 9.17) is 5.14 Å². The fourth-order valence-electron chi connectivity index (χ4n) is 3.34. The molecule has 2 aliphatic rings. The van der Waals surface area contributed by atoms with E-state index in [1.54, 1.807) is 4.90 Å². The number of rotatable bonds is 3. The van der Waals surface area contributed by atoms with Gasteiger partial charge in [0.1, 0.15) is 0 Å². The first kappa shape index (κ1) is 15.3. The van der Waals surface area contributed by atoms with Gasteiger partial charge in [-0.1, -0.05) is 12.1 Å². The van der Waals surface area contributed by atoms with Gasteiger partial charge in [0.25, 0.3) is 5.91 Å². The third-order valence-corrected chi connectivity index (χ3v) is 5.28. The van der Waals surface area contributed by atoms with E-state index in [2.05, 4.69) is 5.32 Å². The minimum absolute atomic E-state index is 0.0248. The highest BCUT2D eigenvalue weighted by Gasteiger charge is 2.30. The summed E-state index contributed by atoms with van der Waals surface area (Å²) in [6.45, 7) is 1.92. The molecule has 1 atom stereocenters. The number of sulfonamides is 1. The molecule has 3 rings (SSSR count). The predicted molar refractivity (Wildman–Crippen MR) is 85.2 cm³/mol. The van der Waals surface area contributed by atoms with E-state index in [1.807, 2.05) is 18.2 Å². The molecule has 1 aromatic carbocycles. The number of hydrogen-bond acceptors (Lipinski definition) is 4. The van der Waals surface area contributed by atoms with Crippen molar-refractivity contribution >= 4 is 21.6 Å². The van der Waals surface area contributed by atoms with Crippen molar-refractivity contribution in [2.45, 2.75) is 19.3 Å². The lowest BCUT2D eigenvalue weighted by Gasteiger charge is -2.23. The van der Waals surface area contributed by atoms with Crippen LogP contribution in [0.1, 0.15) is 28.8 Å². The van der Waals surface area contributed by atoms with Crippen molar-refractivity contribution < 1.29 is 13.2 Å². The van der Waals surface area contributed by atoms with Crippen LogP contribution in [0, 0.1) is 5.92 Å². The maximum atomic E-state index is 12.7. The van der Waals surface area contributed by atoms with Crippen molar-refractivity contribution in [1.29, 1.82) is 0 Å². The first-order valence-corrected chi connectivity index (χ1v) is 9.31. The fourth-order valence-corrected chi connectivity index (χ4v) is 4.27. The number of aryl methyl sites for hydroxylation is 1. The van der Waals surface area contributed by atoms with Gasteiger partial charge < -0.3 is 10.2 Å². The van der Waals surface area contributed by atoms with E-state index in [0.29, 0.717) is 25.1 Å². The van der Waals surface area contributed by atoms with Gasteiger partial charge in [-0.25, -0.2) is 13.6 Å². The summed E-state index contributed by atoms with van der Waals surface area (Å²) in [5, 5.41) is 8.42. The molecule has 1 saturated heterocycles. The number of anilines is 1. The Morgan fingerprint density at radius 1 is 1.41 bits per heavy atom. The Morgan fingerprint density at radius 3 is 3.00 bits per heavy atom. The van der Waals surface area contributed by atoms with Crippen molar-refractivity contribution in [2.24, 2.45) is 11.1 Å². The number of benzene rings is 1. The highest BCUT2D eigenvalue weighted by Crippen LogP contribution is 2.28. The molecule has 22 heavy (non-hydrogen) atoms. The molecule has 1 aromatic rings. The van der Waals surface area contributed by atoms with Gasteiger partial charge in [-0.2, -0.15) is 0 Å². The Hall–Kier alpha value is -1.60. The number of para-hydroxylation sites is 1. The third-order valence-electron chi connectivity index (χ3n) is 4.35. The molecule has 0 saturated carbocycles. The molecule has 3 N–H and O–H groups in total. The number of primary sulfonamides is 1. The fraction of sp³-hybridized carbons (Fsp3) is 0.533. The van der Waals surface area contributed by atoms with Gasteiger partial charge in [0, 0.05) is 19.6 Å².